The lowest BCUT2D eigenvalue weighted by atomic mass is 9.83. The molecule has 0 aliphatic carbocycles. The molecule has 0 aromatic carbocycles. The number of methoxy groups -OCH3 is 1. The molecule has 0 bridgehead atoms. The summed E-state index contributed by atoms with van der Waals surface area (Å²) in [7, 11) is 1.66. The molecule has 0 saturated heterocycles. The lowest BCUT2D eigenvalue weighted by molar-refractivity contribution is -0.149. The number of ether oxygens (including phenoxy) is 2. The van der Waals surface area contributed by atoms with Crippen LogP contribution < -0.4 is 0 Å². The van der Waals surface area contributed by atoms with Crippen molar-refractivity contribution in [2.24, 2.45) is 5.41 Å². The van der Waals surface area contributed by atoms with Crippen LogP contribution in [-0.4, -0.2) is 38.0 Å². The largest absolute Gasteiger partial charge is 0.481 e. The molecule has 0 fully saturated rings. The molecule has 16 heavy (non-hydrogen) atoms. The number of hydrogen-bond acceptors (Lipinski definition) is 3. The first-order valence-electron chi connectivity index (χ1n) is 5.87. The second kappa shape index (κ2) is 8.53. The molecular formula is C12H24O4. The Hall–Kier alpha value is -0.610. The van der Waals surface area contributed by atoms with Crippen molar-refractivity contribution in [3.8, 4) is 0 Å². The van der Waals surface area contributed by atoms with E-state index < -0.39 is 11.4 Å². The normalized spacial score (nSPS) is 14.7. The van der Waals surface area contributed by atoms with Crippen LogP contribution in [-0.2, 0) is 14.3 Å². The van der Waals surface area contributed by atoms with Gasteiger partial charge in [-0.05, 0) is 26.2 Å². The maximum absolute atomic E-state index is 11.1. The number of carboxylic acids is 1. The highest BCUT2D eigenvalue weighted by Gasteiger charge is 2.31. The smallest absolute Gasteiger partial charge is 0.309 e. The van der Waals surface area contributed by atoms with Gasteiger partial charge in [0.1, 0.15) is 0 Å². The molecule has 0 aliphatic rings. The zero-order valence-electron chi connectivity index (χ0n) is 10.6. The number of carbonyl (C=O) groups is 1. The van der Waals surface area contributed by atoms with Crippen LogP contribution in [0.1, 0.15) is 39.5 Å². The van der Waals surface area contributed by atoms with Gasteiger partial charge >= 0.3 is 5.97 Å². The fourth-order valence-electron chi connectivity index (χ4n) is 1.60. The second-order valence-corrected chi connectivity index (χ2v) is 4.32. The lowest BCUT2D eigenvalue weighted by Crippen LogP contribution is -2.29. The third-order valence-corrected chi connectivity index (χ3v) is 2.75. The predicted octanol–water partition coefficient (Wildman–Crippen LogP) is 2.32. The van der Waals surface area contributed by atoms with Crippen molar-refractivity contribution >= 4 is 5.97 Å². The maximum Gasteiger partial charge on any atom is 0.309 e. The molecule has 96 valence electrons. The van der Waals surface area contributed by atoms with Gasteiger partial charge in [-0.2, -0.15) is 0 Å². The highest BCUT2D eigenvalue weighted by molar-refractivity contribution is 5.74. The van der Waals surface area contributed by atoms with E-state index in [2.05, 4.69) is 0 Å². The van der Waals surface area contributed by atoms with Gasteiger partial charge in [-0.1, -0.05) is 13.3 Å². The Balaban J connectivity index is 3.73. The van der Waals surface area contributed by atoms with Crippen molar-refractivity contribution < 1.29 is 19.4 Å². The van der Waals surface area contributed by atoms with Crippen LogP contribution in [0.2, 0.25) is 0 Å². The van der Waals surface area contributed by atoms with E-state index in [-0.39, 0.29) is 0 Å². The Morgan fingerprint density at radius 3 is 2.44 bits per heavy atom. The molecule has 1 atom stereocenters. The van der Waals surface area contributed by atoms with E-state index in [0.717, 1.165) is 12.8 Å². The Labute approximate surface area is 97.9 Å². The Morgan fingerprint density at radius 2 is 1.94 bits per heavy atom. The van der Waals surface area contributed by atoms with Crippen molar-refractivity contribution in [2.45, 2.75) is 39.5 Å². The van der Waals surface area contributed by atoms with Gasteiger partial charge < -0.3 is 14.6 Å². The summed E-state index contributed by atoms with van der Waals surface area (Å²) in [5.41, 5.74) is -0.643. The molecule has 0 aromatic heterocycles. The van der Waals surface area contributed by atoms with Crippen molar-refractivity contribution in [1.29, 1.82) is 0 Å². The first kappa shape index (κ1) is 15.4. The van der Waals surface area contributed by atoms with E-state index in [4.69, 9.17) is 14.6 Å². The minimum atomic E-state index is -0.727. The van der Waals surface area contributed by atoms with Crippen molar-refractivity contribution in [3.63, 3.8) is 0 Å². The summed E-state index contributed by atoms with van der Waals surface area (Å²) < 4.78 is 10.3. The number of aliphatic carboxylic acids is 1. The minimum absolute atomic E-state index is 0.506. The predicted molar refractivity (Wildman–Crippen MR) is 62.6 cm³/mol. The zero-order chi connectivity index (χ0) is 12.4. The van der Waals surface area contributed by atoms with Crippen molar-refractivity contribution in [2.75, 3.05) is 26.9 Å². The van der Waals surface area contributed by atoms with Gasteiger partial charge in [-0.15, -0.1) is 0 Å². The van der Waals surface area contributed by atoms with Gasteiger partial charge in [0, 0.05) is 26.9 Å². The highest BCUT2D eigenvalue weighted by atomic mass is 16.5. The molecule has 0 heterocycles. The molecule has 0 spiro atoms. The van der Waals surface area contributed by atoms with Gasteiger partial charge in [0.05, 0.1) is 5.41 Å². The average Bonchev–Trinajstić information content (AvgIpc) is 2.23. The number of hydrogen-bond donors (Lipinski definition) is 1. The fraction of sp³-hybridized carbons (Fsp3) is 0.917. The summed E-state index contributed by atoms with van der Waals surface area (Å²) in [5, 5.41) is 9.13. The Bertz CT molecular complexity index is 193. The van der Waals surface area contributed by atoms with Crippen LogP contribution >= 0.6 is 0 Å². The quantitative estimate of drug-likeness (QED) is 0.587. The zero-order valence-corrected chi connectivity index (χ0v) is 10.6. The molecule has 0 aromatic rings. The van der Waals surface area contributed by atoms with E-state index in [1.54, 1.807) is 14.0 Å². The summed E-state index contributed by atoms with van der Waals surface area (Å²) in [5.74, 6) is -0.727. The molecule has 4 heteroatoms. The molecule has 1 N–H and O–H groups in total. The fourth-order valence-corrected chi connectivity index (χ4v) is 1.60. The van der Waals surface area contributed by atoms with Crippen molar-refractivity contribution in [3.05, 3.63) is 0 Å². The first-order valence-corrected chi connectivity index (χ1v) is 5.87. The molecule has 0 saturated carbocycles. The Kier molecular flexibility index (Phi) is 8.21. The molecule has 0 amide bonds. The summed E-state index contributed by atoms with van der Waals surface area (Å²) in [6.45, 7) is 5.62. The molecule has 0 radical (unpaired) electrons. The second-order valence-electron chi connectivity index (χ2n) is 4.32. The van der Waals surface area contributed by atoms with Gasteiger partial charge in [0.2, 0.25) is 0 Å². The number of rotatable bonds is 10. The van der Waals surface area contributed by atoms with Crippen molar-refractivity contribution in [1.82, 2.24) is 0 Å². The van der Waals surface area contributed by atoms with E-state index in [0.29, 0.717) is 32.7 Å². The van der Waals surface area contributed by atoms with Crippen LogP contribution in [0.5, 0.6) is 0 Å². The summed E-state index contributed by atoms with van der Waals surface area (Å²) in [4.78, 5) is 11.1. The van der Waals surface area contributed by atoms with Crippen LogP contribution in [0.15, 0.2) is 0 Å². The monoisotopic (exact) mass is 232 g/mol. The molecule has 0 rings (SSSR count). The first-order chi connectivity index (χ1) is 7.56. The third kappa shape index (κ3) is 6.08. The molecule has 4 nitrogen and oxygen atoms in total. The van der Waals surface area contributed by atoms with E-state index in [1.807, 2.05) is 6.92 Å². The maximum atomic E-state index is 11.1. The van der Waals surface area contributed by atoms with Gasteiger partial charge in [0.15, 0.2) is 0 Å². The van der Waals surface area contributed by atoms with Gasteiger partial charge in [-0.25, -0.2) is 0 Å². The van der Waals surface area contributed by atoms with E-state index in [9.17, 15) is 4.79 Å². The SMILES string of the molecule is CCCC(C)(CCOCCCOC)C(=O)O. The van der Waals surface area contributed by atoms with Crippen LogP contribution in [0.3, 0.4) is 0 Å². The topological polar surface area (TPSA) is 55.8 Å². The van der Waals surface area contributed by atoms with Crippen LogP contribution in [0, 0.1) is 5.41 Å². The molecule has 1 unspecified atom stereocenters. The van der Waals surface area contributed by atoms with Crippen LogP contribution in [0.4, 0.5) is 0 Å². The lowest BCUT2D eigenvalue weighted by Gasteiger charge is -2.23. The Morgan fingerprint density at radius 1 is 1.25 bits per heavy atom. The summed E-state index contributed by atoms with van der Waals surface area (Å²) in [6.07, 6.45) is 3.01. The molecular weight excluding hydrogens is 208 g/mol. The minimum Gasteiger partial charge on any atom is -0.481 e. The number of carboxylic acid groups (broad SMARTS) is 1. The van der Waals surface area contributed by atoms with E-state index in [1.165, 1.54) is 0 Å². The summed E-state index contributed by atoms with van der Waals surface area (Å²) in [6, 6.07) is 0. The summed E-state index contributed by atoms with van der Waals surface area (Å²) >= 11 is 0. The third-order valence-electron chi connectivity index (χ3n) is 2.75. The van der Waals surface area contributed by atoms with Gasteiger partial charge in [-0.3, -0.25) is 4.79 Å². The average molecular weight is 232 g/mol. The van der Waals surface area contributed by atoms with E-state index >= 15 is 0 Å². The highest BCUT2D eigenvalue weighted by Crippen LogP contribution is 2.27. The van der Waals surface area contributed by atoms with Gasteiger partial charge in [0.25, 0.3) is 0 Å². The van der Waals surface area contributed by atoms with Crippen LogP contribution in [0.25, 0.3) is 0 Å². The standard InChI is InChI=1S/C12H24O4/c1-4-6-12(2,11(13)14)7-10-16-9-5-8-15-3/h4-10H2,1-3H3,(H,13,14). The molecule has 0 aliphatic heterocycles.